The maximum absolute atomic E-state index is 13.7. The lowest BCUT2D eigenvalue weighted by Gasteiger charge is -2.15. The molecule has 0 atom stereocenters. The summed E-state index contributed by atoms with van der Waals surface area (Å²) in [6.07, 6.45) is 2.74. The number of nitrogens with zero attached hydrogens (tertiary/aromatic N) is 2. The molecule has 0 amide bonds. The molecule has 4 nitrogen and oxygen atoms in total. The number of nitriles is 1. The van der Waals surface area contributed by atoms with Gasteiger partial charge in [0.25, 0.3) is 0 Å². The lowest BCUT2D eigenvalue weighted by Crippen LogP contribution is -2.23. The third kappa shape index (κ3) is 3.16. The average molecular weight is 356 g/mol. The standard InChI is InChI=1S/C18H10F2N2O2S/c19-18(20,17(23)24)25-16-7-8-22-10-15(16)14-6-5-11(9-21)12-3-1-2-4-13(12)14/h1-8,10H,(H,23,24). The second-order valence-corrected chi connectivity index (χ2v) is 6.27. The van der Waals surface area contributed by atoms with E-state index in [9.17, 15) is 18.8 Å². The molecule has 7 heteroatoms. The fraction of sp³-hybridized carbons (Fsp3) is 0.0556. The number of carbonyl (C=O) groups is 1. The van der Waals surface area contributed by atoms with E-state index in [1.54, 1.807) is 36.4 Å². The van der Waals surface area contributed by atoms with Gasteiger partial charge in [0.05, 0.1) is 11.6 Å². The number of carboxylic acid groups (broad SMARTS) is 1. The van der Waals surface area contributed by atoms with Crippen molar-refractivity contribution in [3.63, 3.8) is 0 Å². The van der Waals surface area contributed by atoms with Crippen LogP contribution in [0, 0.1) is 11.3 Å². The summed E-state index contributed by atoms with van der Waals surface area (Å²) in [5, 5.41) is 15.3. The summed E-state index contributed by atoms with van der Waals surface area (Å²) in [6, 6.07) is 13.8. The number of halogens is 2. The number of hydrogen-bond donors (Lipinski definition) is 1. The summed E-state index contributed by atoms with van der Waals surface area (Å²) in [5.74, 6) is -2.20. The molecule has 1 N–H and O–H groups in total. The molecule has 0 unspecified atom stereocenters. The van der Waals surface area contributed by atoms with Gasteiger partial charge in [0.2, 0.25) is 0 Å². The summed E-state index contributed by atoms with van der Waals surface area (Å²) in [6.45, 7) is 0. The summed E-state index contributed by atoms with van der Waals surface area (Å²) < 4.78 is 27.3. The molecule has 25 heavy (non-hydrogen) atoms. The van der Waals surface area contributed by atoms with Crippen molar-refractivity contribution < 1.29 is 18.7 Å². The van der Waals surface area contributed by atoms with Gasteiger partial charge in [0.15, 0.2) is 0 Å². The van der Waals surface area contributed by atoms with Crippen LogP contribution in [0.3, 0.4) is 0 Å². The Labute approximate surface area is 145 Å². The van der Waals surface area contributed by atoms with Gasteiger partial charge in [-0.15, -0.1) is 0 Å². The van der Waals surface area contributed by atoms with Gasteiger partial charge in [-0.3, -0.25) is 4.98 Å². The third-order valence-electron chi connectivity index (χ3n) is 3.60. The molecular weight excluding hydrogens is 346 g/mol. The van der Waals surface area contributed by atoms with Crippen molar-refractivity contribution in [2.75, 3.05) is 0 Å². The number of alkyl halides is 2. The van der Waals surface area contributed by atoms with Gasteiger partial charge in [0, 0.05) is 28.2 Å². The first-order valence-electron chi connectivity index (χ1n) is 7.10. The molecular formula is C18H10F2N2O2S. The maximum Gasteiger partial charge on any atom is 0.393 e. The Bertz CT molecular complexity index is 1020. The van der Waals surface area contributed by atoms with E-state index in [-0.39, 0.29) is 16.7 Å². The Balaban J connectivity index is 2.21. The third-order valence-corrected chi connectivity index (χ3v) is 4.61. The van der Waals surface area contributed by atoms with Gasteiger partial charge < -0.3 is 5.11 Å². The van der Waals surface area contributed by atoms with E-state index in [0.717, 1.165) is 0 Å². The maximum atomic E-state index is 13.7. The zero-order chi connectivity index (χ0) is 18.0. The molecule has 1 heterocycles. The predicted octanol–water partition coefficient (Wildman–Crippen LogP) is 4.54. The molecule has 0 saturated heterocycles. The summed E-state index contributed by atoms with van der Waals surface area (Å²) in [5.41, 5.74) is 1.45. The molecule has 0 saturated carbocycles. The minimum Gasteiger partial charge on any atom is -0.476 e. The molecule has 0 aliphatic rings. The van der Waals surface area contributed by atoms with Crippen LogP contribution in [0.5, 0.6) is 0 Å². The largest absolute Gasteiger partial charge is 0.476 e. The van der Waals surface area contributed by atoms with Crippen molar-refractivity contribution in [3.05, 3.63) is 60.4 Å². The lowest BCUT2D eigenvalue weighted by atomic mass is 9.96. The summed E-state index contributed by atoms with van der Waals surface area (Å²) in [7, 11) is 0. The fourth-order valence-corrected chi connectivity index (χ4v) is 3.25. The zero-order valence-corrected chi connectivity index (χ0v) is 13.4. The predicted molar refractivity (Wildman–Crippen MR) is 90.3 cm³/mol. The molecule has 2 aromatic carbocycles. The molecule has 3 aromatic rings. The monoisotopic (exact) mass is 356 g/mol. The number of carboxylic acids is 1. The highest BCUT2D eigenvalue weighted by atomic mass is 32.2. The van der Waals surface area contributed by atoms with Crippen LogP contribution in [0.2, 0.25) is 0 Å². The van der Waals surface area contributed by atoms with Crippen molar-refractivity contribution in [1.29, 1.82) is 5.26 Å². The van der Waals surface area contributed by atoms with E-state index in [2.05, 4.69) is 11.1 Å². The summed E-state index contributed by atoms with van der Waals surface area (Å²) in [4.78, 5) is 14.8. The Morgan fingerprint density at radius 1 is 1.12 bits per heavy atom. The van der Waals surface area contributed by atoms with Gasteiger partial charge in [-0.05, 0) is 34.8 Å². The minimum absolute atomic E-state index is 0.0439. The molecule has 1 aromatic heterocycles. The molecule has 0 bridgehead atoms. The number of aliphatic carboxylic acids is 1. The van der Waals surface area contributed by atoms with Gasteiger partial charge in [-0.25, -0.2) is 4.79 Å². The van der Waals surface area contributed by atoms with E-state index < -0.39 is 11.2 Å². The Morgan fingerprint density at radius 2 is 1.84 bits per heavy atom. The van der Waals surface area contributed by atoms with E-state index in [1.807, 2.05) is 0 Å². The first-order valence-corrected chi connectivity index (χ1v) is 7.92. The van der Waals surface area contributed by atoms with Crippen LogP contribution >= 0.6 is 11.8 Å². The highest BCUT2D eigenvalue weighted by molar-refractivity contribution is 8.01. The number of rotatable bonds is 4. The van der Waals surface area contributed by atoms with Crippen molar-refractivity contribution in [2.45, 2.75) is 10.2 Å². The number of thioether (sulfide) groups is 1. The minimum atomic E-state index is -3.96. The van der Waals surface area contributed by atoms with Gasteiger partial charge in [-0.1, -0.05) is 30.3 Å². The van der Waals surface area contributed by atoms with Crippen LogP contribution < -0.4 is 0 Å². The zero-order valence-electron chi connectivity index (χ0n) is 12.6. The molecule has 0 spiro atoms. The molecule has 0 radical (unpaired) electrons. The second-order valence-electron chi connectivity index (χ2n) is 5.11. The van der Waals surface area contributed by atoms with Gasteiger partial charge in [0.1, 0.15) is 0 Å². The van der Waals surface area contributed by atoms with Crippen LogP contribution in [-0.4, -0.2) is 21.3 Å². The van der Waals surface area contributed by atoms with E-state index in [0.29, 0.717) is 27.5 Å². The smallest absolute Gasteiger partial charge is 0.393 e. The highest BCUT2D eigenvalue weighted by Gasteiger charge is 2.41. The first kappa shape index (κ1) is 16.9. The first-order chi connectivity index (χ1) is 11.9. The van der Waals surface area contributed by atoms with Crippen LogP contribution in [0.4, 0.5) is 8.78 Å². The highest BCUT2D eigenvalue weighted by Crippen LogP contribution is 2.42. The van der Waals surface area contributed by atoms with Crippen molar-refractivity contribution in [3.8, 4) is 17.2 Å². The van der Waals surface area contributed by atoms with Crippen LogP contribution in [0.25, 0.3) is 21.9 Å². The average Bonchev–Trinajstić information content (AvgIpc) is 2.61. The van der Waals surface area contributed by atoms with Crippen molar-refractivity contribution >= 4 is 28.5 Å². The number of pyridine rings is 1. The topological polar surface area (TPSA) is 74.0 Å². The lowest BCUT2D eigenvalue weighted by molar-refractivity contribution is -0.152. The van der Waals surface area contributed by atoms with Crippen molar-refractivity contribution in [2.24, 2.45) is 0 Å². The van der Waals surface area contributed by atoms with Gasteiger partial charge >= 0.3 is 11.2 Å². The van der Waals surface area contributed by atoms with Crippen LogP contribution in [-0.2, 0) is 4.79 Å². The van der Waals surface area contributed by atoms with Crippen LogP contribution in [0.1, 0.15) is 5.56 Å². The molecule has 124 valence electrons. The molecule has 3 rings (SSSR count). The second kappa shape index (κ2) is 6.49. The molecule has 0 fully saturated rings. The van der Waals surface area contributed by atoms with Crippen LogP contribution in [0.15, 0.2) is 59.8 Å². The Morgan fingerprint density at radius 3 is 2.52 bits per heavy atom. The fourth-order valence-electron chi connectivity index (χ4n) is 2.49. The van der Waals surface area contributed by atoms with Crippen molar-refractivity contribution in [1.82, 2.24) is 4.98 Å². The normalized spacial score (nSPS) is 11.2. The number of aromatic nitrogens is 1. The Kier molecular flexibility index (Phi) is 4.38. The molecule has 0 aliphatic carbocycles. The SMILES string of the molecule is N#Cc1ccc(-c2cnccc2SC(F)(F)C(=O)O)c2ccccc12. The quantitative estimate of drug-likeness (QED) is 0.695. The van der Waals surface area contributed by atoms with Gasteiger partial charge in [-0.2, -0.15) is 14.0 Å². The summed E-state index contributed by atoms with van der Waals surface area (Å²) >= 11 is -0.0439. The number of benzene rings is 2. The van der Waals surface area contributed by atoms with E-state index in [1.165, 1.54) is 18.5 Å². The van der Waals surface area contributed by atoms with E-state index in [4.69, 9.17) is 5.11 Å². The number of hydrogen-bond acceptors (Lipinski definition) is 4. The Hall–Kier alpha value is -2.98. The molecule has 0 aliphatic heterocycles. The number of fused-ring (bicyclic) bond motifs is 1. The van der Waals surface area contributed by atoms with E-state index >= 15 is 0 Å².